The van der Waals surface area contributed by atoms with Gasteiger partial charge in [-0.25, -0.2) is 0 Å². The van der Waals surface area contributed by atoms with Crippen molar-refractivity contribution in [3.8, 4) is 0 Å². The van der Waals surface area contributed by atoms with Crippen LogP contribution in [0.15, 0.2) is 0 Å². The molecule has 2 atom stereocenters. The first-order valence-electron chi connectivity index (χ1n) is 9.35. The molecular formula is C19H36O2. The molecule has 0 bridgehead atoms. The number of hydrogen-bond donors (Lipinski definition) is 0. The zero-order chi connectivity index (χ0) is 15.3. The highest BCUT2D eigenvalue weighted by atomic mass is 16.5. The van der Waals surface area contributed by atoms with Crippen LogP contribution in [-0.2, 0) is 9.53 Å². The summed E-state index contributed by atoms with van der Waals surface area (Å²) in [4.78, 5) is 12.0. The number of methoxy groups -OCH3 is 1. The molecule has 0 aliphatic heterocycles. The van der Waals surface area contributed by atoms with E-state index in [2.05, 4.69) is 6.92 Å². The molecule has 1 aliphatic rings. The smallest absolute Gasteiger partial charge is 0.138 e. The van der Waals surface area contributed by atoms with Gasteiger partial charge in [-0.1, -0.05) is 71.1 Å². The number of hydrogen-bond acceptors (Lipinski definition) is 2. The summed E-state index contributed by atoms with van der Waals surface area (Å²) >= 11 is 0. The van der Waals surface area contributed by atoms with Crippen LogP contribution in [0.1, 0.15) is 96.8 Å². The number of carbonyl (C=O) groups is 1. The standard InChI is InChI=1S/C19H36O2/c1-3-4-5-6-7-8-9-10-11-16-19(21-2)17-14-12-13-15-18(17)20/h17,19H,3-16H2,1-2H3. The molecule has 0 aromatic heterocycles. The van der Waals surface area contributed by atoms with Gasteiger partial charge in [-0.2, -0.15) is 0 Å². The summed E-state index contributed by atoms with van der Waals surface area (Å²) in [5.74, 6) is 0.641. The van der Waals surface area contributed by atoms with Crippen LogP contribution in [0.4, 0.5) is 0 Å². The summed E-state index contributed by atoms with van der Waals surface area (Å²) in [5.41, 5.74) is 0. The Morgan fingerprint density at radius 2 is 1.62 bits per heavy atom. The molecule has 0 amide bonds. The van der Waals surface area contributed by atoms with Crippen LogP contribution in [0.25, 0.3) is 0 Å². The molecular weight excluding hydrogens is 260 g/mol. The maximum atomic E-state index is 12.0. The van der Waals surface area contributed by atoms with E-state index in [0.717, 1.165) is 25.7 Å². The molecule has 0 radical (unpaired) electrons. The third kappa shape index (κ3) is 7.99. The lowest BCUT2D eigenvalue weighted by atomic mass is 9.82. The number of ether oxygens (including phenoxy) is 1. The van der Waals surface area contributed by atoms with Crippen molar-refractivity contribution in [3.63, 3.8) is 0 Å². The predicted molar refractivity (Wildman–Crippen MR) is 89.6 cm³/mol. The van der Waals surface area contributed by atoms with E-state index in [9.17, 15) is 4.79 Å². The number of ketones is 1. The van der Waals surface area contributed by atoms with Crippen molar-refractivity contribution < 1.29 is 9.53 Å². The average molecular weight is 296 g/mol. The highest BCUT2D eigenvalue weighted by molar-refractivity contribution is 5.82. The molecule has 1 fully saturated rings. The van der Waals surface area contributed by atoms with Gasteiger partial charge >= 0.3 is 0 Å². The summed E-state index contributed by atoms with van der Waals surface area (Å²) in [6.45, 7) is 2.27. The summed E-state index contributed by atoms with van der Waals surface area (Å²) in [7, 11) is 1.78. The Morgan fingerprint density at radius 1 is 1.00 bits per heavy atom. The summed E-state index contributed by atoms with van der Waals surface area (Å²) < 4.78 is 5.61. The predicted octanol–water partition coefficient (Wildman–Crippen LogP) is 5.68. The molecule has 2 nitrogen and oxygen atoms in total. The monoisotopic (exact) mass is 296 g/mol. The first-order valence-corrected chi connectivity index (χ1v) is 9.35. The van der Waals surface area contributed by atoms with Crippen LogP contribution in [0.2, 0.25) is 0 Å². The van der Waals surface area contributed by atoms with Crippen LogP contribution < -0.4 is 0 Å². The van der Waals surface area contributed by atoms with E-state index in [0.29, 0.717) is 5.78 Å². The Kier molecular flexibility index (Phi) is 10.9. The second kappa shape index (κ2) is 12.2. The van der Waals surface area contributed by atoms with E-state index in [1.165, 1.54) is 64.2 Å². The quantitative estimate of drug-likeness (QED) is 0.433. The lowest BCUT2D eigenvalue weighted by Gasteiger charge is -2.28. The molecule has 0 aromatic rings. The molecule has 0 aromatic carbocycles. The molecule has 21 heavy (non-hydrogen) atoms. The van der Waals surface area contributed by atoms with Crippen LogP contribution in [0.3, 0.4) is 0 Å². The minimum atomic E-state index is 0.183. The average Bonchev–Trinajstić information content (AvgIpc) is 2.50. The molecule has 1 saturated carbocycles. The topological polar surface area (TPSA) is 26.3 Å². The van der Waals surface area contributed by atoms with Crippen LogP contribution >= 0.6 is 0 Å². The Hall–Kier alpha value is -0.370. The number of rotatable bonds is 12. The van der Waals surface area contributed by atoms with E-state index in [1.807, 2.05) is 0 Å². The summed E-state index contributed by atoms with van der Waals surface area (Å²) in [5, 5.41) is 0. The summed E-state index contributed by atoms with van der Waals surface area (Å²) in [6, 6.07) is 0. The van der Waals surface area contributed by atoms with Crippen molar-refractivity contribution in [2.45, 2.75) is 103 Å². The molecule has 1 aliphatic carbocycles. The molecule has 0 N–H and O–H groups in total. The van der Waals surface area contributed by atoms with Gasteiger partial charge in [-0.3, -0.25) is 4.79 Å². The Bertz CT molecular complexity index is 262. The summed E-state index contributed by atoms with van der Waals surface area (Å²) in [6.07, 6.45) is 17.6. The molecule has 0 spiro atoms. The SMILES string of the molecule is CCCCCCCCCCCC(OC)C1CCCCC1=O. The van der Waals surface area contributed by atoms with Gasteiger partial charge in [0.1, 0.15) is 5.78 Å². The van der Waals surface area contributed by atoms with Crippen molar-refractivity contribution in [2.75, 3.05) is 7.11 Å². The van der Waals surface area contributed by atoms with E-state index in [-0.39, 0.29) is 12.0 Å². The second-order valence-electron chi connectivity index (χ2n) is 6.71. The molecule has 2 unspecified atom stereocenters. The lowest BCUT2D eigenvalue weighted by molar-refractivity contribution is -0.129. The van der Waals surface area contributed by atoms with Crippen LogP contribution in [-0.4, -0.2) is 19.0 Å². The maximum Gasteiger partial charge on any atom is 0.138 e. The largest absolute Gasteiger partial charge is 0.381 e. The molecule has 2 heteroatoms. The van der Waals surface area contributed by atoms with Gasteiger partial charge in [0.2, 0.25) is 0 Å². The van der Waals surface area contributed by atoms with Crippen molar-refractivity contribution >= 4 is 5.78 Å². The van der Waals surface area contributed by atoms with E-state index in [4.69, 9.17) is 4.74 Å². The molecule has 124 valence electrons. The van der Waals surface area contributed by atoms with Gasteiger partial charge < -0.3 is 4.74 Å². The Balaban J connectivity index is 2.03. The van der Waals surface area contributed by atoms with Crippen LogP contribution in [0, 0.1) is 5.92 Å². The van der Waals surface area contributed by atoms with E-state index < -0.39 is 0 Å². The van der Waals surface area contributed by atoms with Gasteiger partial charge in [-0.05, 0) is 19.3 Å². The van der Waals surface area contributed by atoms with Crippen LogP contribution in [0.5, 0.6) is 0 Å². The number of unbranched alkanes of at least 4 members (excludes halogenated alkanes) is 8. The normalized spacial score (nSPS) is 20.7. The fourth-order valence-corrected chi connectivity index (χ4v) is 3.54. The van der Waals surface area contributed by atoms with Gasteiger partial charge in [0.25, 0.3) is 0 Å². The fourth-order valence-electron chi connectivity index (χ4n) is 3.54. The molecule has 1 rings (SSSR count). The van der Waals surface area contributed by atoms with Crippen molar-refractivity contribution in [3.05, 3.63) is 0 Å². The van der Waals surface area contributed by atoms with E-state index in [1.54, 1.807) is 7.11 Å². The van der Waals surface area contributed by atoms with Crippen molar-refractivity contribution in [1.82, 2.24) is 0 Å². The Labute approximate surface area is 132 Å². The zero-order valence-corrected chi connectivity index (χ0v) is 14.4. The maximum absolute atomic E-state index is 12.0. The number of Topliss-reactive ketones (excluding diaryl/α,β-unsaturated/α-hetero) is 1. The van der Waals surface area contributed by atoms with Crippen molar-refractivity contribution in [2.24, 2.45) is 5.92 Å². The van der Waals surface area contributed by atoms with Gasteiger partial charge in [0.05, 0.1) is 6.10 Å². The van der Waals surface area contributed by atoms with Gasteiger partial charge in [0, 0.05) is 19.4 Å². The van der Waals surface area contributed by atoms with E-state index >= 15 is 0 Å². The minimum absolute atomic E-state index is 0.183. The highest BCUT2D eigenvalue weighted by Crippen LogP contribution is 2.27. The second-order valence-corrected chi connectivity index (χ2v) is 6.71. The first-order chi connectivity index (χ1) is 10.3. The lowest BCUT2D eigenvalue weighted by Crippen LogP contribution is -2.32. The fraction of sp³-hybridized carbons (Fsp3) is 0.947. The van der Waals surface area contributed by atoms with Gasteiger partial charge in [0.15, 0.2) is 0 Å². The highest BCUT2D eigenvalue weighted by Gasteiger charge is 2.29. The molecule has 0 heterocycles. The zero-order valence-electron chi connectivity index (χ0n) is 14.4. The van der Waals surface area contributed by atoms with Crippen molar-refractivity contribution in [1.29, 1.82) is 0 Å². The minimum Gasteiger partial charge on any atom is -0.381 e. The van der Waals surface area contributed by atoms with Gasteiger partial charge in [-0.15, -0.1) is 0 Å². The third-order valence-corrected chi connectivity index (χ3v) is 4.95. The third-order valence-electron chi connectivity index (χ3n) is 4.95. The first kappa shape index (κ1) is 18.7. The molecule has 0 saturated heterocycles. The Morgan fingerprint density at radius 3 is 2.19 bits per heavy atom. The number of carbonyl (C=O) groups excluding carboxylic acids is 1.